The number of halogens is 1. The van der Waals surface area contributed by atoms with Gasteiger partial charge < -0.3 is 10.1 Å². The molecule has 2 aromatic rings. The number of aromatic amines is 1. The van der Waals surface area contributed by atoms with Gasteiger partial charge in [0, 0.05) is 17.5 Å². The second-order valence-electron chi connectivity index (χ2n) is 3.91. The smallest absolute Gasteiger partial charge is 0.308 e. The molecule has 0 saturated heterocycles. The lowest BCUT2D eigenvalue weighted by Gasteiger charge is -2.05. The van der Waals surface area contributed by atoms with E-state index in [9.17, 15) is 9.59 Å². The van der Waals surface area contributed by atoms with Crippen molar-refractivity contribution in [3.05, 3.63) is 45.0 Å². The summed E-state index contributed by atoms with van der Waals surface area (Å²) in [5, 5.41) is 9.20. The van der Waals surface area contributed by atoms with Gasteiger partial charge in [-0.3, -0.25) is 14.6 Å². The van der Waals surface area contributed by atoms with Gasteiger partial charge in [-0.25, -0.2) is 4.98 Å². The van der Waals surface area contributed by atoms with E-state index >= 15 is 0 Å². The highest BCUT2D eigenvalue weighted by Gasteiger charge is 2.13. The lowest BCUT2D eigenvalue weighted by molar-refractivity contribution is -0.136. The van der Waals surface area contributed by atoms with Crippen LogP contribution in [0.4, 0.5) is 0 Å². The molecule has 7 heteroatoms. The van der Waals surface area contributed by atoms with Crippen LogP contribution in [0.1, 0.15) is 11.3 Å². The Hall–Kier alpha value is -2.21. The monoisotopic (exact) mass is 279 g/mol. The summed E-state index contributed by atoms with van der Waals surface area (Å²) in [5.74, 6) is -0.791. The minimum atomic E-state index is -1.08. The summed E-state index contributed by atoms with van der Waals surface area (Å²) >= 11 is 5.72. The van der Waals surface area contributed by atoms with Crippen LogP contribution in [0, 0.1) is 6.92 Å². The number of carboxylic acid groups (broad SMARTS) is 1. The molecular weight excluding hydrogens is 270 g/mol. The Morgan fingerprint density at radius 1 is 1.47 bits per heavy atom. The highest BCUT2D eigenvalue weighted by atomic mass is 35.5. The maximum absolute atomic E-state index is 11.8. The van der Waals surface area contributed by atoms with Crippen molar-refractivity contribution in [3.8, 4) is 11.5 Å². The average Bonchev–Trinajstić information content (AvgIpc) is 2.34. The quantitative estimate of drug-likeness (QED) is 0.886. The fourth-order valence-electron chi connectivity index (χ4n) is 1.61. The highest BCUT2D eigenvalue weighted by Crippen LogP contribution is 2.14. The number of rotatable bonds is 3. The van der Waals surface area contributed by atoms with E-state index in [-0.39, 0.29) is 17.8 Å². The zero-order valence-corrected chi connectivity index (χ0v) is 10.7. The van der Waals surface area contributed by atoms with Crippen LogP contribution in [-0.2, 0) is 11.2 Å². The van der Waals surface area contributed by atoms with Crippen molar-refractivity contribution < 1.29 is 9.90 Å². The Balaban J connectivity index is 2.48. The van der Waals surface area contributed by atoms with Crippen molar-refractivity contribution >= 4 is 17.6 Å². The van der Waals surface area contributed by atoms with Gasteiger partial charge in [-0.1, -0.05) is 11.6 Å². The van der Waals surface area contributed by atoms with Gasteiger partial charge in [0.25, 0.3) is 5.56 Å². The molecule has 19 heavy (non-hydrogen) atoms. The van der Waals surface area contributed by atoms with Crippen LogP contribution in [0.2, 0.25) is 5.02 Å². The number of nitrogens with zero attached hydrogens (tertiary/aromatic N) is 2. The van der Waals surface area contributed by atoms with Crippen molar-refractivity contribution in [2.45, 2.75) is 13.3 Å². The average molecular weight is 280 g/mol. The van der Waals surface area contributed by atoms with Crippen LogP contribution < -0.4 is 5.56 Å². The number of carboxylic acids is 1. The fraction of sp³-hybridized carbons (Fsp3) is 0.167. The van der Waals surface area contributed by atoms with Gasteiger partial charge in [0.05, 0.1) is 11.4 Å². The molecule has 2 aromatic heterocycles. The first-order valence-corrected chi connectivity index (χ1v) is 5.78. The van der Waals surface area contributed by atoms with Gasteiger partial charge in [0.2, 0.25) is 0 Å². The Morgan fingerprint density at radius 2 is 2.21 bits per heavy atom. The number of H-pyrrole nitrogens is 1. The molecule has 2 N–H and O–H groups in total. The number of hydrogen-bond donors (Lipinski definition) is 2. The third-order valence-electron chi connectivity index (χ3n) is 2.52. The van der Waals surface area contributed by atoms with Gasteiger partial charge >= 0.3 is 5.97 Å². The Morgan fingerprint density at radius 3 is 2.74 bits per heavy atom. The van der Waals surface area contributed by atoms with Crippen LogP contribution in [0.3, 0.4) is 0 Å². The van der Waals surface area contributed by atoms with Crippen molar-refractivity contribution in [3.63, 3.8) is 0 Å². The van der Waals surface area contributed by atoms with Gasteiger partial charge in [0.1, 0.15) is 5.69 Å². The Kier molecular flexibility index (Phi) is 3.62. The lowest BCUT2D eigenvalue weighted by atomic mass is 10.1. The van der Waals surface area contributed by atoms with Crippen LogP contribution in [0.25, 0.3) is 11.5 Å². The normalized spacial score (nSPS) is 10.4. The number of hydrogen-bond acceptors (Lipinski definition) is 4. The lowest BCUT2D eigenvalue weighted by Crippen LogP contribution is -2.20. The van der Waals surface area contributed by atoms with E-state index in [2.05, 4.69) is 15.0 Å². The maximum atomic E-state index is 11.8. The predicted molar refractivity (Wildman–Crippen MR) is 69.2 cm³/mol. The standard InChI is InChI=1S/C12H10ClN3O3/c1-6-8(4-10(17)18)12(19)16-11(15-6)9-3-2-7(13)5-14-9/h2-3,5H,4H2,1H3,(H,17,18)(H,15,16,19). The minimum absolute atomic E-state index is 0.144. The molecule has 0 unspecified atom stereocenters. The summed E-state index contributed by atoms with van der Waals surface area (Å²) in [6.07, 6.45) is 1.08. The second kappa shape index (κ2) is 5.19. The number of pyridine rings is 1. The minimum Gasteiger partial charge on any atom is -0.481 e. The van der Waals surface area contributed by atoms with Crippen LogP contribution in [0.15, 0.2) is 23.1 Å². The molecule has 0 saturated carbocycles. The summed E-state index contributed by atoms with van der Waals surface area (Å²) in [7, 11) is 0. The molecule has 0 aliphatic heterocycles. The first-order chi connectivity index (χ1) is 8.97. The molecule has 2 heterocycles. The predicted octanol–water partition coefficient (Wildman–Crippen LogP) is 1.42. The Bertz CT molecular complexity index is 680. The van der Waals surface area contributed by atoms with E-state index in [1.54, 1.807) is 19.1 Å². The SMILES string of the molecule is Cc1nc(-c2ccc(Cl)cn2)[nH]c(=O)c1CC(=O)O. The first-order valence-electron chi connectivity index (χ1n) is 5.41. The third-order valence-corrected chi connectivity index (χ3v) is 2.74. The molecular formula is C12H10ClN3O3. The number of aliphatic carboxylic acids is 1. The van der Waals surface area contributed by atoms with Gasteiger partial charge in [0.15, 0.2) is 5.82 Å². The summed E-state index contributed by atoms with van der Waals surface area (Å²) < 4.78 is 0. The molecule has 0 bridgehead atoms. The zero-order chi connectivity index (χ0) is 14.0. The highest BCUT2D eigenvalue weighted by molar-refractivity contribution is 6.30. The number of nitrogens with one attached hydrogen (secondary N) is 1. The summed E-state index contributed by atoms with van der Waals surface area (Å²) in [6, 6.07) is 3.25. The Labute approximate surface area is 113 Å². The fourth-order valence-corrected chi connectivity index (χ4v) is 1.72. The number of aryl methyl sites for hydroxylation is 1. The van der Waals surface area contributed by atoms with Crippen molar-refractivity contribution in [1.82, 2.24) is 15.0 Å². The van der Waals surface area contributed by atoms with E-state index in [0.717, 1.165) is 0 Å². The van der Waals surface area contributed by atoms with Crippen molar-refractivity contribution in [2.24, 2.45) is 0 Å². The summed E-state index contributed by atoms with van der Waals surface area (Å²) in [5.41, 5.74) is 0.510. The summed E-state index contributed by atoms with van der Waals surface area (Å²) in [6.45, 7) is 1.59. The van der Waals surface area contributed by atoms with Crippen LogP contribution in [-0.4, -0.2) is 26.0 Å². The largest absolute Gasteiger partial charge is 0.481 e. The van der Waals surface area contributed by atoms with Gasteiger partial charge in [-0.15, -0.1) is 0 Å². The molecule has 0 amide bonds. The molecule has 0 spiro atoms. The first kappa shape index (κ1) is 13.2. The topological polar surface area (TPSA) is 95.9 Å². The van der Waals surface area contributed by atoms with Gasteiger partial charge in [-0.05, 0) is 19.1 Å². The van der Waals surface area contributed by atoms with E-state index in [1.807, 2.05) is 0 Å². The zero-order valence-electron chi connectivity index (χ0n) is 9.98. The van der Waals surface area contributed by atoms with Crippen molar-refractivity contribution in [2.75, 3.05) is 0 Å². The maximum Gasteiger partial charge on any atom is 0.308 e. The van der Waals surface area contributed by atoms with Crippen LogP contribution >= 0.6 is 11.6 Å². The van der Waals surface area contributed by atoms with E-state index in [1.165, 1.54) is 6.20 Å². The third kappa shape index (κ3) is 2.97. The van der Waals surface area contributed by atoms with Crippen molar-refractivity contribution in [1.29, 1.82) is 0 Å². The number of aromatic nitrogens is 3. The van der Waals surface area contributed by atoms with Crippen LogP contribution in [0.5, 0.6) is 0 Å². The molecule has 0 aliphatic rings. The van der Waals surface area contributed by atoms with E-state index in [4.69, 9.17) is 16.7 Å². The molecule has 0 aliphatic carbocycles. The molecule has 0 fully saturated rings. The molecule has 2 rings (SSSR count). The molecule has 98 valence electrons. The van der Waals surface area contributed by atoms with Gasteiger partial charge in [-0.2, -0.15) is 0 Å². The molecule has 6 nitrogen and oxygen atoms in total. The number of carbonyl (C=O) groups is 1. The molecule has 0 radical (unpaired) electrons. The second-order valence-corrected chi connectivity index (χ2v) is 4.35. The molecule has 0 atom stereocenters. The van der Waals surface area contributed by atoms with E-state index in [0.29, 0.717) is 16.4 Å². The molecule has 0 aromatic carbocycles. The summed E-state index contributed by atoms with van der Waals surface area (Å²) in [4.78, 5) is 33.2. The van der Waals surface area contributed by atoms with E-state index < -0.39 is 11.5 Å².